The Morgan fingerprint density at radius 1 is 1.26 bits per heavy atom. The van der Waals surface area contributed by atoms with E-state index in [1.807, 2.05) is 18.2 Å². The molecule has 2 atom stereocenters. The minimum absolute atomic E-state index is 0.0110. The SMILES string of the molecule is COCOc1ccc(OC)cc1C1C(C(=O)OC)CCC1(C)C. The average molecular weight is 322 g/mol. The Labute approximate surface area is 137 Å². The smallest absolute Gasteiger partial charge is 0.309 e. The fourth-order valence-electron chi connectivity index (χ4n) is 3.59. The van der Waals surface area contributed by atoms with Crippen LogP contribution in [0.15, 0.2) is 18.2 Å². The summed E-state index contributed by atoms with van der Waals surface area (Å²) in [6, 6.07) is 5.68. The summed E-state index contributed by atoms with van der Waals surface area (Å²) in [7, 11) is 4.66. The topological polar surface area (TPSA) is 54.0 Å². The molecule has 1 saturated carbocycles. The van der Waals surface area contributed by atoms with E-state index in [1.165, 1.54) is 7.11 Å². The number of rotatable bonds is 6. The van der Waals surface area contributed by atoms with E-state index in [1.54, 1.807) is 14.2 Å². The fourth-order valence-corrected chi connectivity index (χ4v) is 3.59. The highest BCUT2D eigenvalue weighted by Crippen LogP contribution is 2.55. The predicted octanol–water partition coefficient (Wildman–Crippen LogP) is 3.37. The maximum absolute atomic E-state index is 12.2. The van der Waals surface area contributed by atoms with Crippen LogP contribution in [0.4, 0.5) is 0 Å². The molecule has 1 aromatic carbocycles. The molecule has 23 heavy (non-hydrogen) atoms. The molecule has 0 bridgehead atoms. The third-order valence-electron chi connectivity index (χ3n) is 4.73. The van der Waals surface area contributed by atoms with Gasteiger partial charge in [-0.3, -0.25) is 4.79 Å². The minimum atomic E-state index is -0.174. The Hall–Kier alpha value is -1.75. The van der Waals surface area contributed by atoms with Gasteiger partial charge in [-0.1, -0.05) is 13.8 Å². The second-order valence-corrected chi connectivity index (χ2v) is 6.59. The van der Waals surface area contributed by atoms with E-state index in [0.29, 0.717) is 0 Å². The number of carbonyl (C=O) groups is 1. The van der Waals surface area contributed by atoms with Gasteiger partial charge in [0.05, 0.1) is 20.1 Å². The lowest BCUT2D eigenvalue weighted by Crippen LogP contribution is -2.26. The minimum Gasteiger partial charge on any atom is -0.497 e. The van der Waals surface area contributed by atoms with Crippen molar-refractivity contribution in [1.82, 2.24) is 0 Å². The second kappa shape index (κ2) is 7.21. The zero-order chi connectivity index (χ0) is 17.0. The van der Waals surface area contributed by atoms with Crippen molar-refractivity contribution in [2.45, 2.75) is 32.6 Å². The van der Waals surface area contributed by atoms with Gasteiger partial charge in [0.2, 0.25) is 0 Å². The van der Waals surface area contributed by atoms with E-state index in [9.17, 15) is 4.79 Å². The van der Waals surface area contributed by atoms with E-state index in [4.69, 9.17) is 18.9 Å². The first kappa shape index (κ1) is 17.6. The van der Waals surface area contributed by atoms with Crippen LogP contribution in [0.3, 0.4) is 0 Å². The van der Waals surface area contributed by atoms with Crippen LogP contribution in [-0.2, 0) is 14.3 Å². The Morgan fingerprint density at radius 3 is 2.61 bits per heavy atom. The molecule has 1 aromatic rings. The summed E-state index contributed by atoms with van der Waals surface area (Å²) in [5, 5.41) is 0. The molecule has 2 rings (SSSR count). The van der Waals surface area contributed by atoms with Crippen molar-refractivity contribution in [2.75, 3.05) is 28.1 Å². The summed E-state index contributed by atoms with van der Waals surface area (Å²) in [4.78, 5) is 12.2. The molecular formula is C18H26O5. The van der Waals surface area contributed by atoms with Gasteiger partial charge in [-0.2, -0.15) is 0 Å². The fraction of sp³-hybridized carbons (Fsp3) is 0.611. The number of esters is 1. The standard InChI is InChI=1S/C18H26O5/c1-18(2)9-8-13(17(19)22-5)16(18)14-10-12(21-4)6-7-15(14)23-11-20-3/h6-7,10,13,16H,8-9,11H2,1-5H3. The van der Waals surface area contributed by atoms with Gasteiger partial charge in [0.1, 0.15) is 11.5 Å². The molecule has 2 unspecified atom stereocenters. The van der Waals surface area contributed by atoms with E-state index in [2.05, 4.69) is 13.8 Å². The highest BCUT2D eigenvalue weighted by molar-refractivity contribution is 5.74. The van der Waals surface area contributed by atoms with Crippen molar-refractivity contribution in [3.8, 4) is 11.5 Å². The first-order chi connectivity index (χ1) is 10.9. The Balaban J connectivity index is 2.48. The lowest BCUT2D eigenvalue weighted by molar-refractivity contribution is -0.146. The van der Waals surface area contributed by atoms with Crippen molar-refractivity contribution >= 4 is 5.97 Å². The van der Waals surface area contributed by atoms with Crippen LogP contribution in [0.5, 0.6) is 11.5 Å². The molecule has 0 aromatic heterocycles. The molecule has 1 fully saturated rings. The van der Waals surface area contributed by atoms with Crippen molar-refractivity contribution in [1.29, 1.82) is 0 Å². The Bertz CT molecular complexity index is 552. The Kier molecular flexibility index (Phi) is 5.52. The third-order valence-corrected chi connectivity index (χ3v) is 4.73. The van der Waals surface area contributed by atoms with Crippen molar-refractivity contribution < 1.29 is 23.7 Å². The number of hydrogen-bond acceptors (Lipinski definition) is 5. The normalized spacial score (nSPS) is 22.7. The van der Waals surface area contributed by atoms with Crippen LogP contribution in [0, 0.1) is 11.3 Å². The summed E-state index contributed by atoms with van der Waals surface area (Å²) in [6.45, 7) is 4.52. The van der Waals surface area contributed by atoms with Gasteiger partial charge in [0.15, 0.2) is 6.79 Å². The molecular weight excluding hydrogens is 296 g/mol. The molecule has 0 saturated heterocycles. The molecule has 1 aliphatic carbocycles. The number of hydrogen-bond donors (Lipinski definition) is 0. The van der Waals surface area contributed by atoms with Gasteiger partial charge < -0.3 is 18.9 Å². The van der Waals surface area contributed by atoms with Crippen molar-refractivity contribution in [2.24, 2.45) is 11.3 Å². The Morgan fingerprint density at radius 2 is 2.00 bits per heavy atom. The maximum atomic E-state index is 12.2. The lowest BCUT2D eigenvalue weighted by atomic mass is 9.74. The monoisotopic (exact) mass is 322 g/mol. The van der Waals surface area contributed by atoms with Gasteiger partial charge in [-0.25, -0.2) is 0 Å². The molecule has 0 N–H and O–H groups in total. The molecule has 0 spiro atoms. The third kappa shape index (κ3) is 3.61. The molecule has 0 aliphatic heterocycles. The quantitative estimate of drug-likeness (QED) is 0.594. The van der Waals surface area contributed by atoms with E-state index < -0.39 is 0 Å². The molecule has 0 radical (unpaired) electrons. The molecule has 0 amide bonds. The predicted molar refractivity (Wildman–Crippen MR) is 86.8 cm³/mol. The van der Waals surface area contributed by atoms with Crippen molar-refractivity contribution in [3.63, 3.8) is 0 Å². The van der Waals surface area contributed by atoms with Crippen LogP contribution in [-0.4, -0.2) is 34.1 Å². The van der Waals surface area contributed by atoms with Gasteiger partial charge in [0.25, 0.3) is 0 Å². The molecule has 5 nitrogen and oxygen atoms in total. The van der Waals surface area contributed by atoms with Gasteiger partial charge >= 0.3 is 5.97 Å². The van der Waals surface area contributed by atoms with Crippen LogP contribution >= 0.6 is 0 Å². The van der Waals surface area contributed by atoms with Gasteiger partial charge in [-0.05, 0) is 36.5 Å². The van der Waals surface area contributed by atoms with Crippen LogP contribution in [0.1, 0.15) is 38.2 Å². The first-order valence-corrected chi connectivity index (χ1v) is 7.82. The number of benzene rings is 1. The largest absolute Gasteiger partial charge is 0.497 e. The number of carbonyl (C=O) groups excluding carboxylic acids is 1. The van der Waals surface area contributed by atoms with Gasteiger partial charge in [0, 0.05) is 18.6 Å². The summed E-state index contributed by atoms with van der Waals surface area (Å²) in [5.41, 5.74) is 0.940. The molecule has 5 heteroatoms. The zero-order valence-corrected chi connectivity index (χ0v) is 14.5. The summed E-state index contributed by atoms with van der Waals surface area (Å²) in [5.74, 6) is 1.14. The molecule has 1 aliphatic rings. The zero-order valence-electron chi connectivity index (χ0n) is 14.5. The second-order valence-electron chi connectivity index (χ2n) is 6.59. The van der Waals surface area contributed by atoms with Crippen LogP contribution in [0.2, 0.25) is 0 Å². The lowest BCUT2D eigenvalue weighted by Gasteiger charge is -2.31. The van der Waals surface area contributed by atoms with E-state index in [0.717, 1.165) is 29.9 Å². The summed E-state index contributed by atoms with van der Waals surface area (Å²) < 4.78 is 21.1. The molecule has 0 heterocycles. The maximum Gasteiger partial charge on any atom is 0.309 e. The summed E-state index contributed by atoms with van der Waals surface area (Å²) >= 11 is 0. The highest BCUT2D eigenvalue weighted by Gasteiger charge is 2.47. The van der Waals surface area contributed by atoms with E-state index >= 15 is 0 Å². The first-order valence-electron chi connectivity index (χ1n) is 7.82. The number of methoxy groups -OCH3 is 3. The number of ether oxygens (including phenoxy) is 4. The summed E-state index contributed by atoms with van der Waals surface area (Å²) in [6.07, 6.45) is 1.77. The average Bonchev–Trinajstić information content (AvgIpc) is 2.87. The van der Waals surface area contributed by atoms with Crippen LogP contribution in [0.25, 0.3) is 0 Å². The van der Waals surface area contributed by atoms with Gasteiger partial charge in [-0.15, -0.1) is 0 Å². The highest BCUT2D eigenvalue weighted by atomic mass is 16.7. The van der Waals surface area contributed by atoms with E-state index in [-0.39, 0.29) is 30.0 Å². The van der Waals surface area contributed by atoms with Crippen molar-refractivity contribution in [3.05, 3.63) is 23.8 Å². The van der Waals surface area contributed by atoms with Crippen LogP contribution < -0.4 is 9.47 Å². The molecule has 128 valence electrons.